The molecule has 0 radical (unpaired) electrons. The van der Waals surface area contributed by atoms with E-state index in [1.807, 2.05) is 0 Å². The van der Waals surface area contributed by atoms with Gasteiger partial charge in [-0.05, 0) is 38.5 Å². The van der Waals surface area contributed by atoms with E-state index >= 15 is 0 Å². The van der Waals surface area contributed by atoms with Crippen LogP contribution in [0.25, 0.3) is 0 Å². The fourth-order valence-corrected chi connectivity index (χ4v) is 3.67. The lowest BCUT2D eigenvalue weighted by Gasteiger charge is -2.53. The van der Waals surface area contributed by atoms with Gasteiger partial charge >= 0.3 is 0 Å². The van der Waals surface area contributed by atoms with E-state index in [4.69, 9.17) is 9.47 Å². The van der Waals surface area contributed by atoms with Gasteiger partial charge in [-0.3, -0.25) is 0 Å². The first-order valence-electron chi connectivity index (χ1n) is 6.20. The monoisotopic (exact) mass is 196 g/mol. The summed E-state index contributed by atoms with van der Waals surface area (Å²) in [6, 6.07) is 0. The number of ether oxygens (including phenoxy) is 2. The Morgan fingerprint density at radius 2 is 1.21 bits per heavy atom. The van der Waals surface area contributed by atoms with E-state index < -0.39 is 0 Å². The zero-order valence-corrected chi connectivity index (χ0v) is 8.84. The first-order valence-corrected chi connectivity index (χ1v) is 6.20. The second-order valence-electron chi connectivity index (χ2n) is 5.03. The fourth-order valence-electron chi connectivity index (χ4n) is 3.67. The van der Waals surface area contributed by atoms with Gasteiger partial charge in [-0.2, -0.15) is 0 Å². The molecule has 2 heteroatoms. The average Bonchev–Trinajstić information content (AvgIpc) is 2.26. The zero-order chi connectivity index (χ0) is 9.43. The normalized spacial score (nSPS) is 48.0. The Morgan fingerprint density at radius 3 is 1.79 bits per heavy atom. The smallest absolute Gasteiger partial charge is 0.173 e. The van der Waals surface area contributed by atoms with E-state index in [0.717, 1.165) is 13.2 Å². The molecule has 2 nitrogen and oxygen atoms in total. The molecular weight excluding hydrogens is 176 g/mol. The van der Waals surface area contributed by atoms with Crippen molar-refractivity contribution >= 4 is 0 Å². The molecule has 0 bridgehead atoms. The Hall–Kier alpha value is -0.0800. The number of hydrogen-bond donors (Lipinski definition) is 0. The minimum Gasteiger partial charge on any atom is -0.349 e. The van der Waals surface area contributed by atoms with Crippen LogP contribution in [0.5, 0.6) is 0 Å². The molecular formula is C12H20O2. The Balaban J connectivity index is 1.87. The minimum atomic E-state index is -0.130. The molecule has 0 N–H and O–H groups in total. The first kappa shape index (κ1) is 9.17. The van der Waals surface area contributed by atoms with Crippen molar-refractivity contribution in [3.05, 3.63) is 0 Å². The molecule has 2 saturated heterocycles. The Bertz CT molecular complexity index is 188. The maximum atomic E-state index is 6.05. The lowest BCUT2D eigenvalue weighted by atomic mass is 9.70. The van der Waals surface area contributed by atoms with E-state index in [2.05, 4.69) is 0 Å². The van der Waals surface area contributed by atoms with Crippen molar-refractivity contribution in [2.24, 2.45) is 11.8 Å². The highest BCUT2D eigenvalue weighted by Crippen LogP contribution is 2.50. The van der Waals surface area contributed by atoms with Crippen LogP contribution in [0, 0.1) is 11.8 Å². The van der Waals surface area contributed by atoms with Crippen LogP contribution < -0.4 is 0 Å². The Labute approximate surface area is 86.0 Å². The van der Waals surface area contributed by atoms with Gasteiger partial charge in [0, 0.05) is 11.8 Å². The summed E-state index contributed by atoms with van der Waals surface area (Å²) in [6.07, 6.45) is 9.19. The molecule has 3 aliphatic rings. The molecule has 0 aromatic carbocycles. The molecule has 1 spiro atoms. The van der Waals surface area contributed by atoms with Crippen molar-refractivity contribution < 1.29 is 9.47 Å². The van der Waals surface area contributed by atoms with Gasteiger partial charge in [0.1, 0.15) is 0 Å². The van der Waals surface area contributed by atoms with Gasteiger partial charge in [0.25, 0.3) is 0 Å². The highest BCUT2D eigenvalue weighted by Gasteiger charge is 2.52. The van der Waals surface area contributed by atoms with Crippen molar-refractivity contribution in [3.63, 3.8) is 0 Å². The Morgan fingerprint density at radius 1 is 0.714 bits per heavy atom. The quantitative estimate of drug-likeness (QED) is 0.593. The summed E-state index contributed by atoms with van der Waals surface area (Å²) < 4.78 is 12.1. The standard InChI is InChI=1S/C12H20O2/c1-4-10-6-2-8-13-12(10)11(5-1)7-3-9-14-12/h10-11H,1-9H2/t10-,11-,12?/m0/s1. The number of rotatable bonds is 0. The van der Waals surface area contributed by atoms with Crippen LogP contribution in [0.1, 0.15) is 44.9 Å². The summed E-state index contributed by atoms with van der Waals surface area (Å²) >= 11 is 0. The molecule has 2 aliphatic heterocycles. The lowest BCUT2D eigenvalue weighted by Crippen LogP contribution is -2.56. The van der Waals surface area contributed by atoms with Crippen LogP contribution in [0.2, 0.25) is 0 Å². The fraction of sp³-hybridized carbons (Fsp3) is 1.00. The summed E-state index contributed by atoms with van der Waals surface area (Å²) in [4.78, 5) is 0. The van der Waals surface area contributed by atoms with E-state index in [1.165, 1.54) is 44.9 Å². The van der Waals surface area contributed by atoms with Crippen LogP contribution in [-0.4, -0.2) is 19.0 Å². The summed E-state index contributed by atoms with van der Waals surface area (Å²) in [5.74, 6) is 1.28. The molecule has 3 rings (SSSR count). The molecule has 1 saturated carbocycles. The van der Waals surface area contributed by atoms with Gasteiger partial charge < -0.3 is 9.47 Å². The van der Waals surface area contributed by atoms with Gasteiger partial charge in [-0.1, -0.05) is 6.42 Å². The molecule has 14 heavy (non-hydrogen) atoms. The third kappa shape index (κ3) is 1.24. The average molecular weight is 196 g/mol. The maximum absolute atomic E-state index is 6.05. The molecule has 0 amide bonds. The van der Waals surface area contributed by atoms with Crippen molar-refractivity contribution in [2.75, 3.05) is 13.2 Å². The minimum absolute atomic E-state index is 0.130. The largest absolute Gasteiger partial charge is 0.349 e. The van der Waals surface area contributed by atoms with Crippen molar-refractivity contribution in [1.82, 2.24) is 0 Å². The molecule has 0 unspecified atom stereocenters. The molecule has 0 aromatic heterocycles. The Kier molecular flexibility index (Phi) is 2.29. The summed E-state index contributed by atoms with van der Waals surface area (Å²) in [6.45, 7) is 1.85. The SMILES string of the molecule is C1COC23OCCC[C@@H]2CCC[C@H]3C1. The molecule has 3 fully saturated rings. The number of hydrogen-bond acceptors (Lipinski definition) is 2. The van der Waals surface area contributed by atoms with Gasteiger partial charge in [0.2, 0.25) is 0 Å². The van der Waals surface area contributed by atoms with E-state index in [9.17, 15) is 0 Å². The highest BCUT2D eigenvalue weighted by molar-refractivity contribution is 4.94. The highest BCUT2D eigenvalue weighted by atomic mass is 16.7. The van der Waals surface area contributed by atoms with E-state index in [1.54, 1.807) is 0 Å². The van der Waals surface area contributed by atoms with E-state index in [0.29, 0.717) is 11.8 Å². The van der Waals surface area contributed by atoms with Gasteiger partial charge in [-0.15, -0.1) is 0 Å². The first-order chi connectivity index (χ1) is 6.92. The van der Waals surface area contributed by atoms with E-state index in [-0.39, 0.29) is 5.79 Å². The van der Waals surface area contributed by atoms with Crippen molar-refractivity contribution in [1.29, 1.82) is 0 Å². The lowest BCUT2D eigenvalue weighted by molar-refractivity contribution is -0.336. The summed E-state index contributed by atoms with van der Waals surface area (Å²) in [5.41, 5.74) is 0. The van der Waals surface area contributed by atoms with Gasteiger partial charge in [0.15, 0.2) is 5.79 Å². The van der Waals surface area contributed by atoms with Crippen LogP contribution in [0.15, 0.2) is 0 Å². The predicted octanol–water partition coefficient (Wildman–Crippen LogP) is 2.72. The third-order valence-corrected chi connectivity index (χ3v) is 4.29. The third-order valence-electron chi connectivity index (χ3n) is 4.29. The topological polar surface area (TPSA) is 18.5 Å². The molecule has 1 aliphatic carbocycles. The van der Waals surface area contributed by atoms with Crippen molar-refractivity contribution in [2.45, 2.75) is 50.7 Å². The van der Waals surface area contributed by atoms with Gasteiger partial charge in [-0.25, -0.2) is 0 Å². The molecule has 2 heterocycles. The van der Waals surface area contributed by atoms with Crippen LogP contribution in [0.4, 0.5) is 0 Å². The maximum Gasteiger partial charge on any atom is 0.173 e. The second-order valence-corrected chi connectivity index (χ2v) is 5.03. The molecule has 0 aromatic rings. The van der Waals surface area contributed by atoms with Crippen molar-refractivity contribution in [3.8, 4) is 0 Å². The van der Waals surface area contributed by atoms with Crippen LogP contribution >= 0.6 is 0 Å². The predicted molar refractivity (Wildman–Crippen MR) is 53.9 cm³/mol. The van der Waals surface area contributed by atoms with Crippen LogP contribution in [-0.2, 0) is 9.47 Å². The van der Waals surface area contributed by atoms with Gasteiger partial charge in [0.05, 0.1) is 13.2 Å². The summed E-state index contributed by atoms with van der Waals surface area (Å²) in [7, 11) is 0. The molecule has 80 valence electrons. The zero-order valence-electron chi connectivity index (χ0n) is 8.84. The summed E-state index contributed by atoms with van der Waals surface area (Å²) in [5, 5.41) is 0. The van der Waals surface area contributed by atoms with Crippen LogP contribution in [0.3, 0.4) is 0 Å². The molecule has 2 atom stereocenters. The second kappa shape index (κ2) is 3.49.